The smallest absolute Gasteiger partial charge is 0.273 e. The molecule has 9 nitrogen and oxygen atoms in total. The van der Waals surface area contributed by atoms with E-state index in [1.807, 2.05) is 19.1 Å². The topological polar surface area (TPSA) is 149 Å². The first-order valence-corrected chi connectivity index (χ1v) is 11.9. The molecule has 1 aliphatic heterocycles. The number of fused-ring (bicyclic) bond motifs is 1. The molecular weight excluding hydrogens is 444 g/mol. The Bertz CT molecular complexity index is 1150. The molecule has 0 atom stereocenters. The van der Waals surface area contributed by atoms with Gasteiger partial charge in [-0.15, -0.1) is 0 Å². The van der Waals surface area contributed by atoms with Gasteiger partial charge in [0.05, 0.1) is 5.69 Å². The molecule has 7 N–H and O–H groups in total. The van der Waals surface area contributed by atoms with Crippen LogP contribution in [-0.2, 0) is 16.2 Å². The Balaban J connectivity index is 1.50. The largest absolute Gasteiger partial charge is 0.399 e. The fourth-order valence-corrected chi connectivity index (χ4v) is 4.07. The van der Waals surface area contributed by atoms with Gasteiger partial charge < -0.3 is 22.5 Å². The molecule has 35 heavy (non-hydrogen) atoms. The molecule has 1 fully saturated rings. The van der Waals surface area contributed by atoms with Crippen LogP contribution in [0.5, 0.6) is 0 Å². The van der Waals surface area contributed by atoms with Crippen molar-refractivity contribution in [2.75, 3.05) is 12.3 Å². The molecule has 2 aromatic carbocycles. The summed E-state index contributed by atoms with van der Waals surface area (Å²) in [6.07, 6.45) is 4.24. The molecule has 0 aromatic heterocycles. The number of amidine groups is 1. The number of hydroxylamine groups is 2. The maximum atomic E-state index is 13.4. The van der Waals surface area contributed by atoms with E-state index in [0.717, 1.165) is 24.8 Å². The maximum Gasteiger partial charge on any atom is 0.273 e. The number of rotatable bonds is 8. The maximum absolute atomic E-state index is 13.4. The van der Waals surface area contributed by atoms with Crippen molar-refractivity contribution in [3.8, 4) is 0 Å². The third-order valence-corrected chi connectivity index (χ3v) is 6.06. The molecule has 2 aliphatic rings. The van der Waals surface area contributed by atoms with Crippen molar-refractivity contribution >= 4 is 35.1 Å². The Morgan fingerprint density at radius 1 is 1.14 bits per heavy atom. The number of aliphatic imine (C=N–C) groups is 1. The molecule has 0 saturated heterocycles. The van der Waals surface area contributed by atoms with Crippen LogP contribution in [0.3, 0.4) is 0 Å². The fraction of sp³-hybridized carbons (Fsp3) is 0.346. The summed E-state index contributed by atoms with van der Waals surface area (Å²) in [4.78, 5) is 36.3. The second-order valence-corrected chi connectivity index (χ2v) is 9.05. The first-order valence-electron chi connectivity index (χ1n) is 11.9. The third kappa shape index (κ3) is 6.06. The molecule has 0 spiro atoms. The monoisotopic (exact) mass is 476 g/mol. The Kier molecular flexibility index (Phi) is 7.48. The lowest BCUT2D eigenvalue weighted by atomic mass is 9.87. The molecular formula is C26H32N6O3. The lowest BCUT2D eigenvalue weighted by Gasteiger charge is -2.32. The number of nitrogens with zero attached hydrogens (tertiary/aromatic N) is 2. The average molecular weight is 477 g/mol. The van der Waals surface area contributed by atoms with E-state index in [1.165, 1.54) is 5.06 Å². The molecule has 9 heteroatoms. The number of anilines is 1. The number of nitrogens with one attached hydrogen (secondary N) is 1. The van der Waals surface area contributed by atoms with Crippen LogP contribution in [0.4, 0.5) is 11.4 Å². The van der Waals surface area contributed by atoms with E-state index in [4.69, 9.17) is 22.0 Å². The van der Waals surface area contributed by atoms with Gasteiger partial charge in [0.15, 0.2) is 0 Å². The summed E-state index contributed by atoms with van der Waals surface area (Å²) in [5, 5.41) is 4.35. The highest BCUT2D eigenvalue weighted by Gasteiger charge is 2.28. The molecule has 1 aliphatic carbocycles. The molecule has 2 amide bonds. The summed E-state index contributed by atoms with van der Waals surface area (Å²) in [6.45, 7) is 2.64. The number of hydrogen-bond donors (Lipinski definition) is 4. The molecule has 0 bridgehead atoms. The van der Waals surface area contributed by atoms with Crippen molar-refractivity contribution in [1.82, 2.24) is 10.4 Å². The quantitative estimate of drug-likeness (QED) is 0.340. The standard InChI is InChI=1S/C26H32N6O3/c1-2-9-32(35-15-16-3-7-20(27)8-4-16)26(34)19-10-17-5-6-18(11-23(17)31-24(29)12-19)25(33)30-22-13-21(28)14-22/h3-8,10-11,21-22H,2,9,12-15,27-28H2,1H3,(H2,29,31)(H,30,33). The summed E-state index contributed by atoms with van der Waals surface area (Å²) in [5.74, 6) is -0.148. The van der Waals surface area contributed by atoms with Crippen LogP contribution in [0.2, 0.25) is 0 Å². The van der Waals surface area contributed by atoms with E-state index >= 15 is 0 Å². The number of nitrogen functional groups attached to an aromatic ring is 1. The van der Waals surface area contributed by atoms with Crippen molar-refractivity contribution < 1.29 is 14.4 Å². The highest BCUT2D eigenvalue weighted by atomic mass is 16.7. The van der Waals surface area contributed by atoms with E-state index in [0.29, 0.717) is 40.5 Å². The highest BCUT2D eigenvalue weighted by molar-refractivity contribution is 6.05. The van der Waals surface area contributed by atoms with Crippen LogP contribution in [0.1, 0.15) is 54.1 Å². The zero-order chi connectivity index (χ0) is 24.9. The normalized spacial score (nSPS) is 18.9. The van der Waals surface area contributed by atoms with Crippen molar-refractivity contribution in [3.63, 3.8) is 0 Å². The van der Waals surface area contributed by atoms with E-state index < -0.39 is 0 Å². The Morgan fingerprint density at radius 2 is 1.89 bits per heavy atom. The van der Waals surface area contributed by atoms with Gasteiger partial charge in [0.1, 0.15) is 12.4 Å². The van der Waals surface area contributed by atoms with E-state index in [1.54, 1.807) is 36.4 Å². The van der Waals surface area contributed by atoms with E-state index in [-0.39, 0.29) is 36.9 Å². The SMILES string of the molecule is CCCN(OCc1ccc(N)cc1)C(=O)C1=Cc2ccc(C(=O)NC3CC(N)C3)cc2N=C(N)C1. The molecule has 1 heterocycles. The minimum absolute atomic E-state index is 0.104. The number of hydrogen-bond acceptors (Lipinski definition) is 7. The molecule has 184 valence electrons. The lowest BCUT2D eigenvalue weighted by molar-refractivity contribution is -0.187. The summed E-state index contributed by atoms with van der Waals surface area (Å²) in [7, 11) is 0. The molecule has 4 rings (SSSR count). The number of nitrogens with two attached hydrogens (primary N) is 3. The van der Waals surface area contributed by atoms with Crippen molar-refractivity contribution in [2.24, 2.45) is 16.5 Å². The lowest BCUT2D eigenvalue weighted by Crippen LogP contribution is -2.50. The zero-order valence-electron chi connectivity index (χ0n) is 19.9. The molecule has 0 radical (unpaired) electrons. The van der Waals surface area contributed by atoms with Crippen LogP contribution in [0, 0.1) is 0 Å². The van der Waals surface area contributed by atoms with Crippen LogP contribution < -0.4 is 22.5 Å². The van der Waals surface area contributed by atoms with Gasteiger partial charge in [0.25, 0.3) is 11.8 Å². The highest BCUT2D eigenvalue weighted by Crippen LogP contribution is 2.29. The number of benzene rings is 2. The number of carbonyl (C=O) groups excluding carboxylic acids is 2. The fourth-order valence-electron chi connectivity index (χ4n) is 4.07. The Hall–Kier alpha value is -3.69. The predicted molar refractivity (Wildman–Crippen MR) is 136 cm³/mol. The van der Waals surface area contributed by atoms with Gasteiger partial charge in [-0.25, -0.2) is 10.1 Å². The summed E-state index contributed by atoms with van der Waals surface area (Å²) in [6, 6.07) is 12.8. The minimum atomic E-state index is -0.267. The number of amides is 2. The molecule has 0 unspecified atom stereocenters. The van der Waals surface area contributed by atoms with Crippen molar-refractivity contribution in [2.45, 2.75) is 51.3 Å². The third-order valence-electron chi connectivity index (χ3n) is 6.06. The van der Waals surface area contributed by atoms with Crippen LogP contribution in [0.25, 0.3) is 6.08 Å². The summed E-state index contributed by atoms with van der Waals surface area (Å²) >= 11 is 0. The molecule has 1 saturated carbocycles. The van der Waals surface area contributed by atoms with E-state index in [9.17, 15) is 9.59 Å². The van der Waals surface area contributed by atoms with Crippen LogP contribution in [-0.4, -0.2) is 41.3 Å². The van der Waals surface area contributed by atoms with Crippen molar-refractivity contribution in [3.05, 3.63) is 64.7 Å². The van der Waals surface area contributed by atoms with E-state index in [2.05, 4.69) is 10.3 Å². The van der Waals surface area contributed by atoms with Crippen LogP contribution >= 0.6 is 0 Å². The van der Waals surface area contributed by atoms with Crippen molar-refractivity contribution in [1.29, 1.82) is 0 Å². The summed E-state index contributed by atoms with van der Waals surface area (Å²) in [5.41, 5.74) is 21.5. The Labute approximate surface area is 205 Å². The number of carbonyl (C=O) groups is 2. The van der Waals surface area contributed by atoms with Gasteiger partial charge in [-0.3, -0.25) is 14.4 Å². The Morgan fingerprint density at radius 3 is 2.57 bits per heavy atom. The average Bonchev–Trinajstić information content (AvgIpc) is 2.98. The van der Waals surface area contributed by atoms with Gasteiger partial charge >= 0.3 is 0 Å². The zero-order valence-corrected chi connectivity index (χ0v) is 19.9. The van der Waals surface area contributed by atoms with Gasteiger partial charge in [-0.2, -0.15) is 0 Å². The minimum Gasteiger partial charge on any atom is -0.399 e. The second kappa shape index (κ2) is 10.7. The second-order valence-electron chi connectivity index (χ2n) is 9.05. The predicted octanol–water partition coefficient (Wildman–Crippen LogP) is 2.63. The first kappa shape index (κ1) is 24.4. The summed E-state index contributed by atoms with van der Waals surface area (Å²) < 4.78 is 0. The van der Waals surface area contributed by atoms with Gasteiger partial charge in [-0.1, -0.05) is 25.1 Å². The van der Waals surface area contributed by atoms with Crippen LogP contribution in [0.15, 0.2) is 53.0 Å². The molecule has 2 aromatic rings. The van der Waals surface area contributed by atoms with Gasteiger partial charge in [0, 0.05) is 47.4 Å². The van der Waals surface area contributed by atoms with Gasteiger partial charge in [0.2, 0.25) is 0 Å². The van der Waals surface area contributed by atoms with Gasteiger partial charge in [-0.05, 0) is 55.2 Å². The first-order chi connectivity index (χ1) is 16.8.